The van der Waals surface area contributed by atoms with E-state index < -0.39 is 0 Å². The molecule has 130 valence electrons. The fourth-order valence-electron chi connectivity index (χ4n) is 2.92. The first-order valence-corrected chi connectivity index (χ1v) is 8.53. The van der Waals surface area contributed by atoms with E-state index in [-0.39, 0.29) is 29.0 Å². The number of hydrogen-bond acceptors (Lipinski definition) is 2. The van der Waals surface area contributed by atoms with Crippen molar-refractivity contribution in [2.75, 3.05) is 0 Å². The topological polar surface area (TPSA) is 41.5 Å². The molecular formula is C21H23FN2O. The van der Waals surface area contributed by atoms with E-state index in [1.165, 1.54) is 29.5 Å². The Labute approximate surface area is 148 Å². The minimum Gasteiger partial charge on any atom is -0.273 e. The molecule has 2 unspecified atom stereocenters. The van der Waals surface area contributed by atoms with Crippen molar-refractivity contribution in [3.8, 4) is 0 Å². The molecule has 2 aromatic rings. The highest BCUT2D eigenvalue weighted by Crippen LogP contribution is 2.47. The van der Waals surface area contributed by atoms with Crippen LogP contribution in [-0.2, 0) is 10.2 Å². The summed E-state index contributed by atoms with van der Waals surface area (Å²) < 4.78 is 13.1. The normalized spacial score (nSPS) is 19.8. The molecule has 3 nitrogen and oxygen atoms in total. The number of amides is 1. The van der Waals surface area contributed by atoms with Gasteiger partial charge in [-0.1, -0.05) is 57.2 Å². The molecule has 0 saturated heterocycles. The first-order valence-electron chi connectivity index (χ1n) is 8.53. The Balaban J connectivity index is 1.55. The molecule has 0 heterocycles. The molecule has 2 atom stereocenters. The van der Waals surface area contributed by atoms with Crippen molar-refractivity contribution < 1.29 is 9.18 Å². The average Bonchev–Trinajstić information content (AvgIpc) is 3.35. The van der Waals surface area contributed by atoms with Crippen LogP contribution in [0.2, 0.25) is 0 Å². The number of nitrogens with zero attached hydrogens (tertiary/aromatic N) is 1. The van der Waals surface area contributed by atoms with Gasteiger partial charge in [-0.15, -0.1) is 0 Å². The van der Waals surface area contributed by atoms with Crippen LogP contribution >= 0.6 is 0 Å². The Hall–Kier alpha value is -2.49. The lowest BCUT2D eigenvalue weighted by molar-refractivity contribution is -0.122. The maximum atomic E-state index is 13.1. The summed E-state index contributed by atoms with van der Waals surface area (Å²) in [6.45, 7) is 6.56. The number of halogens is 1. The van der Waals surface area contributed by atoms with Gasteiger partial charge in [-0.05, 0) is 46.6 Å². The van der Waals surface area contributed by atoms with Gasteiger partial charge in [0.05, 0.1) is 6.21 Å². The van der Waals surface area contributed by atoms with E-state index in [2.05, 4.69) is 55.6 Å². The summed E-state index contributed by atoms with van der Waals surface area (Å²) in [7, 11) is 0. The van der Waals surface area contributed by atoms with Crippen molar-refractivity contribution in [3.63, 3.8) is 0 Å². The summed E-state index contributed by atoms with van der Waals surface area (Å²) in [5.74, 6) is -0.183. The maximum Gasteiger partial charge on any atom is 0.243 e. The largest absolute Gasteiger partial charge is 0.273 e. The molecule has 1 fully saturated rings. The van der Waals surface area contributed by atoms with Gasteiger partial charge in [-0.2, -0.15) is 5.10 Å². The summed E-state index contributed by atoms with van der Waals surface area (Å²) in [5, 5.41) is 3.93. The quantitative estimate of drug-likeness (QED) is 0.652. The minimum absolute atomic E-state index is 0.0369. The van der Waals surface area contributed by atoms with E-state index in [4.69, 9.17) is 0 Å². The lowest BCUT2D eigenvalue weighted by atomic mass is 9.86. The smallest absolute Gasteiger partial charge is 0.243 e. The van der Waals surface area contributed by atoms with Crippen LogP contribution in [0.25, 0.3) is 0 Å². The van der Waals surface area contributed by atoms with Crippen LogP contribution in [0.15, 0.2) is 53.6 Å². The van der Waals surface area contributed by atoms with Gasteiger partial charge < -0.3 is 0 Å². The Kier molecular flexibility index (Phi) is 4.71. The van der Waals surface area contributed by atoms with Crippen molar-refractivity contribution >= 4 is 12.1 Å². The molecule has 1 N–H and O–H groups in total. The van der Waals surface area contributed by atoms with Gasteiger partial charge in [0.15, 0.2) is 0 Å². The third-order valence-corrected chi connectivity index (χ3v) is 4.57. The molecule has 0 bridgehead atoms. The second-order valence-corrected chi connectivity index (χ2v) is 7.61. The lowest BCUT2D eigenvalue weighted by Crippen LogP contribution is -2.20. The predicted molar refractivity (Wildman–Crippen MR) is 98.1 cm³/mol. The molecule has 1 aliphatic carbocycles. The van der Waals surface area contributed by atoms with Gasteiger partial charge in [0.1, 0.15) is 5.82 Å². The third kappa shape index (κ3) is 4.32. The van der Waals surface area contributed by atoms with Gasteiger partial charge >= 0.3 is 0 Å². The Morgan fingerprint density at radius 2 is 1.92 bits per heavy atom. The molecule has 4 heteroatoms. The molecular weight excluding hydrogens is 315 g/mol. The molecule has 2 aromatic carbocycles. The fourth-order valence-corrected chi connectivity index (χ4v) is 2.92. The summed E-state index contributed by atoms with van der Waals surface area (Å²) in [4.78, 5) is 12.2. The summed E-state index contributed by atoms with van der Waals surface area (Å²) in [6.07, 6.45) is 2.30. The van der Waals surface area contributed by atoms with Crippen molar-refractivity contribution in [3.05, 3.63) is 71.0 Å². The van der Waals surface area contributed by atoms with E-state index in [0.717, 1.165) is 6.42 Å². The predicted octanol–water partition coefficient (Wildman–Crippen LogP) is 4.38. The zero-order valence-electron chi connectivity index (χ0n) is 14.8. The highest BCUT2D eigenvalue weighted by molar-refractivity contribution is 5.85. The zero-order chi connectivity index (χ0) is 18.0. The molecule has 0 spiro atoms. The number of hydrazone groups is 1. The summed E-state index contributed by atoms with van der Waals surface area (Å²) in [5.41, 5.74) is 5.79. The van der Waals surface area contributed by atoms with Gasteiger partial charge in [0.2, 0.25) is 5.91 Å². The number of hydrogen-bond donors (Lipinski definition) is 1. The van der Waals surface area contributed by atoms with Crippen molar-refractivity contribution in [2.24, 2.45) is 11.0 Å². The van der Waals surface area contributed by atoms with Crippen LogP contribution < -0.4 is 5.43 Å². The molecule has 0 aromatic heterocycles. The van der Waals surface area contributed by atoms with Gasteiger partial charge in [-0.3, -0.25) is 4.79 Å². The van der Waals surface area contributed by atoms with E-state index in [0.29, 0.717) is 5.56 Å². The summed E-state index contributed by atoms with van der Waals surface area (Å²) in [6, 6.07) is 14.6. The second-order valence-electron chi connectivity index (χ2n) is 7.61. The van der Waals surface area contributed by atoms with Crippen molar-refractivity contribution in [1.82, 2.24) is 5.43 Å². The standard InChI is InChI=1S/C21H23FN2O/c1-21(2,3)16-9-7-15(8-10-16)18-12-19(18)20(25)24-23-13-14-5-4-6-17(22)11-14/h4-11,13,18-19H,12H2,1-3H3,(H,24,25). The van der Waals surface area contributed by atoms with Crippen LogP contribution in [0.3, 0.4) is 0 Å². The van der Waals surface area contributed by atoms with E-state index in [1.807, 2.05) is 0 Å². The minimum atomic E-state index is -0.323. The van der Waals surface area contributed by atoms with Crippen molar-refractivity contribution in [1.29, 1.82) is 0 Å². The molecule has 1 aliphatic rings. The molecule has 1 saturated carbocycles. The monoisotopic (exact) mass is 338 g/mol. The van der Waals surface area contributed by atoms with Crippen LogP contribution in [0, 0.1) is 11.7 Å². The number of carbonyl (C=O) groups is 1. The third-order valence-electron chi connectivity index (χ3n) is 4.57. The first-order chi connectivity index (χ1) is 11.8. The first kappa shape index (κ1) is 17.3. The zero-order valence-corrected chi connectivity index (χ0v) is 14.8. The molecule has 0 aliphatic heterocycles. The Morgan fingerprint density at radius 1 is 1.20 bits per heavy atom. The molecule has 1 amide bonds. The van der Waals surface area contributed by atoms with E-state index in [9.17, 15) is 9.18 Å². The number of benzene rings is 2. The number of carbonyl (C=O) groups excluding carboxylic acids is 1. The Morgan fingerprint density at radius 3 is 2.56 bits per heavy atom. The van der Waals surface area contributed by atoms with E-state index >= 15 is 0 Å². The average molecular weight is 338 g/mol. The van der Waals surface area contributed by atoms with Gasteiger partial charge in [0.25, 0.3) is 0 Å². The van der Waals surface area contributed by atoms with Crippen LogP contribution in [-0.4, -0.2) is 12.1 Å². The molecule has 0 radical (unpaired) electrons. The molecule has 25 heavy (non-hydrogen) atoms. The van der Waals surface area contributed by atoms with Crippen molar-refractivity contribution in [2.45, 2.75) is 38.5 Å². The SMILES string of the molecule is CC(C)(C)c1ccc(C2CC2C(=O)NN=Cc2cccc(F)c2)cc1. The van der Waals surface area contributed by atoms with Crippen LogP contribution in [0.5, 0.6) is 0 Å². The Bertz CT molecular complexity index is 790. The number of nitrogens with one attached hydrogen (secondary N) is 1. The highest BCUT2D eigenvalue weighted by Gasteiger charge is 2.43. The number of rotatable bonds is 4. The second kappa shape index (κ2) is 6.79. The van der Waals surface area contributed by atoms with Gasteiger partial charge in [-0.25, -0.2) is 9.82 Å². The highest BCUT2D eigenvalue weighted by atomic mass is 19.1. The van der Waals surface area contributed by atoms with Crippen LogP contribution in [0.4, 0.5) is 4.39 Å². The maximum absolute atomic E-state index is 13.1. The fraction of sp³-hybridized carbons (Fsp3) is 0.333. The summed E-state index contributed by atoms with van der Waals surface area (Å²) >= 11 is 0. The van der Waals surface area contributed by atoms with Gasteiger partial charge in [0, 0.05) is 5.92 Å². The molecule has 3 rings (SSSR count). The van der Waals surface area contributed by atoms with Crippen LogP contribution in [0.1, 0.15) is 49.8 Å². The lowest BCUT2D eigenvalue weighted by Gasteiger charge is -2.19. The van der Waals surface area contributed by atoms with E-state index in [1.54, 1.807) is 12.1 Å².